The van der Waals surface area contributed by atoms with Crippen LogP contribution in [-0.4, -0.2) is 64.3 Å². The first-order valence-electron chi connectivity index (χ1n) is 9.30. The third-order valence-electron chi connectivity index (χ3n) is 4.89. The number of carbonyl (C=O) groups excluding carboxylic acids is 3. The minimum Gasteiger partial charge on any atom is -0.480 e. The highest BCUT2D eigenvalue weighted by Gasteiger charge is 2.38. The smallest absolute Gasteiger partial charge is 0.326 e. The molecule has 1 aliphatic heterocycles. The van der Waals surface area contributed by atoms with Gasteiger partial charge in [0.1, 0.15) is 6.04 Å². The number of amides is 3. The number of rotatable bonds is 8. The van der Waals surface area contributed by atoms with Gasteiger partial charge in [0.05, 0.1) is 5.92 Å². The summed E-state index contributed by atoms with van der Waals surface area (Å²) in [6.45, 7) is 5.68. The Labute approximate surface area is 164 Å². The van der Waals surface area contributed by atoms with Crippen LogP contribution in [0.2, 0.25) is 0 Å². The van der Waals surface area contributed by atoms with Crippen molar-refractivity contribution in [3.8, 4) is 0 Å². The predicted octanol–water partition coefficient (Wildman–Crippen LogP) is 0.781. The van der Waals surface area contributed by atoms with Gasteiger partial charge in [0, 0.05) is 39.5 Å². The molecule has 8 heteroatoms. The first kappa shape index (κ1) is 21.4. The van der Waals surface area contributed by atoms with Crippen LogP contribution in [0.25, 0.3) is 0 Å². The van der Waals surface area contributed by atoms with Crippen molar-refractivity contribution in [1.82, 2.24) is 15.1 Å². The van der Waals surface area contributed by atoms with Crippen molar-refractivity contribution in [2.24, 2.45) is 5.92 Å². The topological polar surface area (TPSA) is 107 Å². The van der Waals surface area contributed by atoms with Crippen molar-refractivity contribution in [2.75, 3.05) is 19.6 Å². The second-order valence-electron chi connectivity index (χ2n) is 7.19. The first-order valence-corrected chi connectivity index (χ1v) is 9.30. The summed E-state index contributed by atoms with van der Waals surface area (Å²) < 4.78 is 0. The highest BCUT2D eigenvalue weighted by molar-refractivity contribution is 5.91. The number of nitrogens with one attached hydrogen (secondary N) is 1. The van der Waals surface area contributed by atoms with Crippen molar-refractivity contribution >= 4 is 23.7 Å². The van der Waals surface area contributed by atoms with Crippen LogP contribution >= 0.6 is 0 Å². The van der Waals surface area contributed by atoms with E-state index in [2.05, 4.69) is 5.32 Å². The largest absolute Gasteiger partial charge is 0.480 e. The zero-order chi connectivity index (χ0) is 20.8. The van der Waals surface area contributed by atoms with Crippen LogP contribution < -0.4 is 5.32 Å². The summed E-state index contributed by atoms with van der Waals surface area (Å²) >= 11 is 0. The van der Waals surface area contributed by atoms with E-state index in [0.717, 1.165) is 11.1 Å². The molecular formula is C20H27N3O5. The lowest BCUT2D eigenvalue weighted by Crippen LogP contribution is -2.49. The summed E-state index contributed by atoms with van der Waals surface area (Å²) in [6.07, 6.45) is 0.0632. The van der Waals surface area contributed by atoms with E-state index >= 15 is 0 Å². The Hall–Kier alpha value is -2.90. The van der Waals surface area contributed by atoms with E-state index in [1.54, 1.807) is 4.90 Å². The lowest BCUT2D eigenvalue weighted by molar-refractivity contribution is -0.151. The van der Waals surface area contributed by atoms with Gasteiger partial charge in [0.25, 0.3) is 0 Å². The van der Waals surface area contributed by atoms with E-state index in [4.69, 9.17) is 0 Å². The van der Waals surface area contributed by atoms with Crippen LogP contribution in [0.3, 0.4) is 0 Å². The van der Waals surface area contributed by atoms with Gasteiger partial charge in [-0.25, -0.2) is 4.79 Å². The number of carboxylic acids is 1. The number of hydrogen-bond donors (Lipinski definition) is 2. The molecule has 1 aromatic carbocycles. The SMILES string of the molecule is CC(=O)NCCN(C(=O)C1CC(=O)N(Cc2ccc(C)cc2)C1)C(C)C(=O)O. The van der Waals surface area contributed by atoms with E-state index in [9.17, 15) is 24.3 Å². The molecule has 1 aliphatic rings. The molecule has 1 heterocycles. The van der Waals surface area contributed by atoms with E-state index in [-0.39, 0.29) is 43.8 Å². The molecule has 0 aromatic heterocycles. The minimum absolute atomic E-state index is 0.0632. The number of likely N-dealkylation sites (tertiary alicyclic amines) is 1. The summed E-state index contributed by atoms with van der Waals surface area (Å²) in [4.78, 5) is 50.6. The van der Waals surface area contributed by atoms with Gasteiger partial charge in [-0.15, -0.1) is 0 Å². The van der Waals surface area contributed by atoms with Gasteiger partial charge in [0.2, 0.25) is 17.7 Å². The minimum atomic E-state index is -1.13. The molecule has 2 atom stereocenters. The highest BCUT2D eigenvalue weighted by atomic mass is 16.4. The van der Waals surface area contributed by atoms with Crippen LogP contribution in [0.1, 0.15) is 31.4 Å². The maximum atomic E-state index is 12.9. The summed E-state index contributed by atoms with van der Waals surface area (Å²) in [7, 11) is 0. The molecule has 0 bridgehead atoms. The average Bonchev–Trinajstić information content (AvgIpc) is 3.00. The predicted molar refractivity (Wildman–Crippen MR) is 102 cm³/mol. The van der Waals surface area contributed by atoms with E-state index in [1.165, 1.54) is 18.7 Å². The molecule has 0 aliphatic carbocycles. The summed E-state index contributed by atoms with van der Waals surface area (Å²) in [5.41, 5.74) is 2.11. The number of carbonyl (C=O) groups is 4. The fourth-order valence-electron chi connectivity index (χ4n) is 3.22. The molecule has 2 N–H and O–H groups in total. The molecule has 1 aromatic rings. The third kappa shape index (κ3) is 5.55. The lowest BCUT2D eigenvalue weighted by Gasteiger charge is -2.29. The van der Waals surface area contributed by atoms with Gasteiger partial charge in [-0.05, 0) is 19.4 Å². The highest BCUT2D eigenvalue weighted by Crippen LogP contribution is 2.23. The molecule has 3 amide bonds. The van der Waals surface area contributed by atoms with Crippen LogP contribution in [0, 0.1) is 12.8 Å². The second-order valence-corrected chi connectivity index (χ2v) is 7.19. The van der Waals surface area contributed by atoms with Gasteiger partial charge >= 0.3 is 5.97 Å². The van der Waals surface area contributed by atoms with E-state index < -0.39 is 17.9 Å². The van der Waals surface area contributed by atoms with Crippen LogP contribution in [-0.2, 0) is 25.7 Å². The number of nitrogens with zero attached hydrogens (tertiary/aromatic N) is 2. The van der Waals surface area contributed by atoms with Crippen LogP contribution in [0.5, 0.6) is 0 Å². The molecule has 0 spiro atoms. The number of benzene rings is 1. The molecule has 2 unspecified atom stereocenters. The Morgan fingerprint density at radius 3 is 2.50 bits per heavy atom. The summed E-state index contributed by atoms with van der Waals surface area (Å²) in [6, 6.07) is 6.80. The van der Waals surface area contributed by atoms with Crippen molar-refractivity contribution < 1.29 is 24.3 Å². The average molecular weight is 389 g/mol. The quantitative estimate of drug-likeness (QED) is 0.683. The number of hydrogen-bond acceptors (Lipinski definition) is 4. The fourth-order valence-corrected chi connectivity index (χ4v) is 3.22. The van der Waals surface area contributed by atoms with Gasteiger partial charge in [-0.3, -0.25) is 14.4 Å². The van der Waals surface area contributed by atoms with Crippen molar-refractivity contribution in [3.63, 3.8) is 0 Å². The summed E-state index contributed by atoms with van der Waals surface area (Å²) in [5, 5.41) is 11.9. The zero-order valence-electron chi connectivity index (χ0n) is 16.5. The second kappa shape index (κ2) is 9.34. The normalized spacial score (nSPS) is 17.3. The molecule has 28 heavy (non-hydrogen) atoms. The fraction of sp³-hybridized carbons (Fsp3) is 0.500. The Balaban J connectivity index is 2.04. The van der Waals surface area contributed by atoms with Crippen molar-refractivity contribution in [3.05, 3.63) is 35.4 Å². The zero-order valence-corrected chi connectivity index (χ0v) is 16.5. The summed E-state index contributed by atoms with van der Waals surface area (Å²) in [5.74, 6) is -2.46. The van der Waals surface area contributed by atoms with Gasteiger partial charge < -0.3 is 20.2 Å². The third-order valence-corrected chi connectivity index (χ3v) is 4.89. The number of aryl methyl sites for hydroxylation is 1. The molecule has 2 rings (SSSR count). The molecule has 8 nitrogen and oxygen atoms in total. The van der Waals surface area contributed by atoms with Gasteiger partial charge in [-0.2, -0.15) is 0 Å². The molecule has 1 fully saturated rings. The van der Waals surface area contributed by atoms with E-state index in [1.807, 2.05) is 31.2 Å². The standard InChI is InChI=1S/C20H27N3O5/c1-13-4-6-16(7-5-13)11-22-12-17(10-18(22)25)19(26)23(14(2)20(27)28)9-8-21-15(3)24/h4-7,14,17H,8-12H2,1-3H3,(H,21,24)(H,27,28). The maximum absolute atomic E-state index is 12.9. The Morgan fingerprint density at radius 2 is 1.93 bits per heavy atom. The molecule has 1 saturated heterocycles. The Bertz CT molecular complexity index is 747. The van der Waals surface area contributed by atoms with Crippen molar-refractivity contribution in [2.45, 2.75) is 39.8 Å². The maximum Gasteiger partial charge on any atom is 0.326 e. The van der Waals surface area contributed by atoms with Crippen LogP contribution in [0.4, 0.5) is 0 Å². The molecular weight excluding hydrogens is 362 g/mol. The lowest BCUT2D eigenvalue weighted by atomic mass is 10.1. The number of aliphatic carboxylic acids is 1. The van der Waals surface area contributed by atoms with Crippen molar-refractivity contribution in [1.29, 1.82) is 0 Å². The molecule has 0 saturated carbocycles. The van der Waals surface area contributed by atoms with E-state index in [0.29, 0.717) is 6.54 Å². The van der Waals surface area contributed by atoms with Gasteiger partial charge in [-0.1, -0.05) is 29.8 Å². The van der Waals surface area contributed by atoms with Crippen LogP contribution in [0.15, 0.2) is 24.3 Å². The van der Waals surface area contributed by atoms with Gasteiger partial charge in [0.15, 0.2) is 0 Å². The molecule has 0 radical (unpaired) electrons. The monoisotopic (exact) mass is 389 g/mol. The first-order chi connectivity index (χ1) is 13.2. The molecule has 152 valence electrons. The Kier molecular flexibility index (Phi) is 7.14. The number of carboxylic acid groups (broad SMARTS) is 1. The Morgan fingerprint density at radius 1 is 1.29 bits per heavy atom.